The molecule has 1 aromatic rings. The molecular formula is C12H13N3O2. The van der Waals surface area contributed by atoms with Crippen LogP contribution in [0.15, 0.2) is 40.7 Å². The van der Waals surface area contributed by atoms with E-state index in [1.807, 2.05) is 42.3 Å². The average Bonchev–Trinajstić information content (AvgIpc) is 2.85. The molecule has 17 heavy (non-hydrogen) atoms. The van der Waals surface area contributed by atoms with E-state index in [1.54, 1.807) is 0 Å². The van der Waals surface area contributed by atoms with E-state index in [0.29, 0.717) is 6.54 Å². The molecule has 0 spiro atoms. The van der Waals surface area contributed by atoms with Crippen LogP contribution in [0.5, 0.6) is 0 Å². The maximum absolute atomic E-state index is 11.5. The molecule has 0 unspecified atom stereocenters. The molecule has 1 aromatic carbocycles. The molecule has 0 saturated carbocycles. The molecule has 0 aliphatic carbocycles. The fourth-order valence-electron chi connectivity index (χ4n) is 2.33. The normalized spacial score (nSPS) is 30.5. The van der Waals surface area contributed by atoms with Crippen molar-refractivity contribution in [2.75, 3.05) is 0 Å². The minimum absolute atomic E-state index is 0.0530. The molecule has 0 N–H and O–H groups in total. The van der Waals surface area contributed by atoms with Gasteiger partial charge in [0.05, 0.1) is 6.54 Å². The molecule has 1 saturated heterocycles. The van der Waals surface area contributed by atoms with Crippen LogP contribution in [0.4, 0.5) is 0 Å². The van der Waals surface area contributed by atoms with E-state index >= 15 is 0 Å². The lowest BCUT2D eigenvalue weighted by molar-refractivity contribution is -0.142. The number of carbonyl (C=O) groups excluding carboxylic acids is 1. The number of benzene rings is 1. The van der Waals surface area contributed by atoms with Crippen molar-refractivity contribution in [2.45, 2.75) is 31.7 Å². The molecule has 5 heteroatoms. The second kappa shape index (κ2) is 3.84. The second-order valence-corrected chi connectivity index (χ2v) is 4.37. The molecule has 88 valence electrons. The summed E-state index contributed by atoms with van der Waals surface area (Å²) in [5.41, 5.74) is 1.15. The summed E-state index contributed by atoms with van der Waals surface area (Å²) >= 11 is 0. The standard InChI is InChI=1S/C12H13N3O2/c1-8-11-10(12(16)17-8)13-14-15(11)7-9-5-3-2-4-6-9/h2-6,8,10-11H,7H2,1H3/t8-,10-,11-/m1/s1. The molecule has 2 aliphatic heterocycles. The van der Waals surface area contributed by atoms with Crippen LogP contribution in [0, 0.1) is 0 Å². The SMILES string of the molecule is C[C@H]1OC(=O)[C@@H]2N=NN(Cc3ccccc3)[C@H]12. The largest absolute Gasteiger partial charge is 0.459 e. The van der Waals surface area contributed by atoms with Gasteiger partial charge in [0.1, 0.15) is 12.1 Å². The number of esters is 1. The number of hydrogen-bond donors (Lipinski definition) is 0. The number of hydrogen-bond acceptors (Lipinski definition) is 5. The summed E-state index contributed by atoms with van der Waals surface area (Å²) in [6.07, 6.45) is -0.147. The Balaban J connectivity index is 1.78. The maximum atomic E-state index is 11.5. The third-order valence-electron chi connectivity index (χ3n) is 3.17. The molecule has 3 rings (SSSR count). The molecule has 2 heterocycles. The van der Waals surface area contributed by atoms with Gasteiger partial charge in [-0.1, -0.05) is 35.6 Å². The zero-order chi connectivity index (χ0) is 11.8. The van der Waals surface area contributed by atoms with Gasteiger partial charge in [-0.25, -0.2) is 4.79 Å². The Hall–Kier alpha value is -1.91. The zero-order valence-corrected chi connectivity index (χ0v) is 9.48. The van der Waals surface area contributed by atoms with Gasteiger partial charge in [0, 0.05) is 0 Å². The van der Waals surface area contributed by atoms with E-state index < -0.39 is 6.04 Å². The van der Waals surface area contributed by atoms with Crippen LogP contribution in [-0.2, 0) is 16.1 Å². The Morgan fingerprint density at radius 1 is 1.35 bits per heavy atom. The molecule has 1 fully saturated rings. The quantitative estimate of drug-likeness (QED) is 0.726. The third kappa shape index (κ3) is 1.67. The van der Waals surface area contributed by atoms with Gasteiger partial charge >= 0.3 is 5.97 Å². The maximum Gasteiger partial charge on any atom is 0.335 e. The van der Waals surface area contributed by atoms with E-state index in [-0.39, 0.29) is 18.1 Å². The van der Waals surface area contributed by atoms with Gasteiger partial charge < -0.3 is 4.74 Å². The highest BCUT2D eigenvalue weighted by atomic mass is 16.6. The molecule has 0 radical (unpaired) electrons. The van der Waals surface area contributed by atoms with Crippen LogP contribution >= 0.6 is 0 Å². The minimum atomic E-state index is -0.436. The number of fused-ring (bicyclic) bond motifs is 1. The average molecular weight is 231 g/mol. The predicted octanol–water partition coefficient (Wildman–Crippen LogP) is 1.55. The Morgan fingerprint density at radius 3 is 2.88 bits per heavy atom. The Kier molecular flexibility index (Phi) is 2.31. The summed E-state index contributed by atoms with van der Waals surface area (Å²) in [7, 11) is 0. The zero-order valence-electron chi connectivity index (χ0n) is 9.48. The number of carbonyl (C=O) groups is 1. The summed E-state index contributed by atoms with van der Waals surface area (Å²) < 4.78 is 5.16. The van der Waals surface area contributed by atoms with E-state index in [1.165, 1.54) is 0 Å². The van der Waals surface area contributed by atoms with Gasteiger partial charge in [0.15, 0.2) is 6.04 Å². The van der Waals surface area contributed by atoms with Crippen LogP contribution in [0.3, 0.4) is 0 Å². The topological polar surface area (TPSA) is 54.3 Å². The van der Waals surface area contributed by atoms with Gasteiger partial charge in [-0.15, -0.1) is 0 Å². The summed E-state index contributed by atoms with van der Waals surface area (Å²) in [6.45, 7) is 2.55. The van der Waals surface area contributed by atoms with Gasteiger partial charge in [0.2, 0.25) is 0 Å². The van der Waals surface area contributed by atoms with Crippen molar-refractivity contribution in [3.8, 4) is 0 Å². The lowest BCUT2D eigenvalue weighted by Crippen LogP contribution is -2.38. The lowest BCUT2D eigenvalue weighted by atomic mass is 10.1. The molecule has 0 bridgehead atoms. The first-order valence-corrected chi connectivity index (χ1v) is 5.67. The van der Waals surface area contributed by atoms with Crippen molar-refractivity contribution in [1.29, 1.82) is 0 Å². The van der Waals surface area contributed by atoms with Gasteiger partial charge in [0.25, 0.3) is 0 Å². The molecule has 5 nitrogen and oxygen atoms in total. The fraction of sp³-hybridized carbons (Fsp3) is 0.417. The van der Waals surface area contributed by atoms with E-state index in [9.17, 15) is 4.79 Å². The molecule has 0 aromatic heterocycles. The molecular weight excluding hydrogens is 218 g/mol. The van der Waals surface area contributed by atoms with Gasteiger partial charge in [-0.3, -0.25) is 5.01 Å². The van der Waals surface area contributed by atoms with E-state index in [0.717, 1.165) is 5.56 Å². The lowest BCUT2D eigenvalue weighted by Gasteiger charge is -2.22. The van der Waals surface area contributed by atoms with Crippen molar-refractivity contribution in [3.05, 3.63) is 35.9 Å². The first-order valence-electron chi connectivity index (χ1n) is 5.67. The number of nitrogens with zero attached hydrogens (tertiary/aromatic N) is 3. The monoisotopic (exact) mass is 231 g/mol. The van der Waals surface area contributed by atoms with Gasteiger partial charge in [-0.2, -0.15) is 5.11 Å². The summed E-state index contributed by atoms with van der Waals surface area (Å²) in [6, 6.07) is 9.52. The molecule has 3 atom stereocenters. The van der Waals surface area contributed by atoms with Crippen LogP contribution in [-0.4, -0.2) is 29.2 Å². The van der Waals surface area contributed by atoms with Crippen LogP contribution in [0.25, 0.3) is 0 Å². The highest BCUT2D eigenvalue weighted by Crippen LogP contribution is 2.30. The Morgan fingerprint density at radius 2 is 2.12 bits per heavy atom. The van der Waals surface area contributed by atoms with Crippen LogP contribution in [0.2, 0.25) is 0 Å². The van der Waals surface area contributed by atoms with Crippen LogP contribution in [0.1, 0.15) is 12.5 Å². The van der Waals surface area contributed by atoms with Crippen LogP contribution < -0.4 is 0 Å². The minimum Gasteiger partial charge on any atom is -0.459 e. The highest BCUT2D eigenvalue weighted by Gasteiger charge is 2.49. The summed E-state index contributed by atoms with van der Waals surface area (Å²) in [4.78, 5) is 11.5. The third-order valence-corrected chi connectivity index (χ3v) is 3.17. The van der Waals surface area contributed by atoms with E-state index in [2.05, 4.69) is 10.3 Å². The summed E-state index contributed by atoms with van der Waals surface area (Å²) in [5, 5.41) is 9.90. The number of cyclic esters (lactones) is 1. The van der Waals surface area contributed by atoms with Crippen molar-refractivity contribution in [1.82, 2.24) is 5.01 Å². The molecule has 2 aliphatic rings. The van der Waals surface area contributed by atoms with Gasteiger partial charge in [-0.05, 0) is 12.5 Å². The first kappa shape index (κ1) is 10.3. The smallest absolute Gasteiger partial charge is 0.335 e. The molecule has 0 amide bonds. The first-order chi connectivity index (χ1) is 8.25. The second-order valence-electron chi connectivity index (χ2n) is 4.37. The van der Waals surface area contributed by atoms with Crippen molar-refractivity contribution in [2.24, 2.45) is 10.3 Å². The summed E-state index contributed by atoms with van der Waals surface area (Å²) in [5.74, 6) is -0.262. The number of rotatable bonds is 2. The predicted molar refractivity (Wildman–Crippen MR) is 60.0 cm³/mol. The Bertz CT molecular complexity index is 460. The van der Waals surface area contributed by atoms with Crippen molar-refractivity contribution < 1.29 is 9.53 Å². The Labute approximate surface area is 99.1 Å². The number of ether oxygens (including phenoxy) is 1. The highest BCUT2D eigenvalue weighted by molar-refractivity contribution is 5.79. The fourth-order valence-corrected chi connectivity index (χ4v) is 2.33. The van der Waals surface area contributed by atoms with E-state index in [4.69, 9.17) is 4.74 Å². The van der Waals surface area contributed by atoms with Crippen molar-refractivity contribution >= 4 is 5.97 Å². The van der Waals surface area contributed by atoms with Crippen molar-refractivity contribution in [3.63, 3.8) is 0 Å².